The number of benzene rings is 1. The molecule has 0 atom stereocenters. The summed E-state index contributed by atoms with van der Waals surface area (Å²) in [5, 5.41) is 9.24. The summed E-state index contributed by atoms with van der Waals surface area (Å²) in [6.07, 6.45) is 0.513. The highest BCUT2D eigenvalue weighted by atomic mass is 32.2. The summed E-state index contributed by atoms with van der Waals surface area (Å²) >= 11 is 0. The number of nitrogens with zero attached hydrogens (tertiary/aromatic N) is 2. The summed E-state index contributed by atoms with van der Waals surface area (Å²) in [6, 6.07) is 5.17. The van der Waals surface area contributed by atoms with Crippen molar-refractivity contribution in [1.82, 2.24) is 9.21 Å². The molecule has 0 saturated carbocycles. The normalized spacial score (nSPS) is 17.1. The molecule has 2 rings (SSSR count). The second-order valence-corrected chi connectivity index (χ2v) is 8.78. The van der Waals surface area contributed by atoms with E-state index in [1.54, 1.807) is 0 Å². The molecule has 144 valence electrons. The Bertz CT molecular complexity index is 801. The predicted molar refractivity (Wildman–Crippen MR) is 92.4 cm³/mol. The number of carboxylic acids is 1. The first kappa shape index (κ1) is 20.3. The lowest BCUT2D eigenvalue weighted by Crippen LogP contribution is -2.54. The second-order valence-electron chi connectivity index (χ2n) is 6.87. The predicted octanol–water partition coefficient (Wildman–Crippen LogP) is 1.55. The van der Waals surface area contributed by atoms with E-state index in [9.17, 15) is 27.5 Å². The Kier molecular flexibility index (Phi) is 5.72. The summed E-state index contributed by atoms with van der Waals surface area (Å²) in [4.78, 5) is 24.7. The van der Waals surface area contributed by atoms with E-state index in [0.717, 1.165) is 10.4 Å². The van der Waals surface area contributed by atoms with E-state index in [1.807, 2.05) is 0 Å². The highest BCUT2D eigenvalue weighted by Gasteiger charge is 2.40. The van der Waals surface area contributed by atoms with Gasteiger partial charge in [0.2, 0.25) is 15.9 Å². The number of piperidine rings is 1. The van der Waals surface area contributed by atoms with Crippen molar-refractivity contribution >= 4 is 21.9 Å². The summed E-state index contributed by atoms with van der Waals surface area (Å²) in [5.41, 5.74) is -1.35. The van der Waals surface area contributed by atoms with Crippen LogP contribution in [0.4, 0.5) is 4.39 Å². The molecule has 0 aliphatic carbocycles. The number of hydrogen-bond donors (Lipinski definition) is 1. The fourth-order valence-electron chi connectivity index (χ4n) is 2.83. The van der Waals surface area contributed by atoms with Crippen LogP contribution in [0, 0.1) is 11.7 Å². The van der Waals surface area contributed by atoms with Gasteiger partial charge in [0.05, 0.1) is 0 Å². The van der Waals surface area contributed by atoms with E-state index >= 15 is 0 Å². The Balaban J connectivity index is 2.09. The van der Waals surface area contributed by atoms with Gasteiger partial charge >= 0.3 is 5.97 Å². The summed E-state index contributed by atoms with van der Waals surface area (Å²) in [5.74, 6) is -2.73. The zero-order valence-electron chi connectivity index (χ0n) is 15.0. The van der Waals surface area contributed by atoms with E-state index in [1.165, 1.54) is 44.0 Å². The zero-order chi connectivity index (χ0) is 19.7. The molecule has 0 aromatic heterocycles. The van der Waals surface area contributed by atoms with Gasteiger partial charge in [-0.05, 0) is 38.8 Å². The van der Waals surface area contributed by atoms with E-state index in [2.05, 4.69) is 0 Å². The number of hydrogen-bond acceptors (Lipinski definition) is 4. The van der Waals surface area contributed by atoms with Crippen LogP contribution in [0.3, 0.4) is 0 Å². The molecule has 7 nitrogen and oxygen atoms in total. The van der Waals surface area contributed by atoms with Crippen LogP contribution in [0.2, 0.25) is 0 Å². The van der Waals surface area contributed by atoms with Crippen molar-refractivity contribution in [2.75, 3.05) is 20.1 Å². The van der Waals surface area contributed by atoms with Crippen LogP contribution in [0.25, 0.3) is 0 Å². The molecule has 0 unspecified atom stereocenters. The molecule has 1 N–H and O–H groups in total. The third-order valence-corrected chi connectivity index (χ3v) is 6.88. The Morgan fingerprint density at radius 2 is 1.77 bits per heavy atom. The van der Waals surface area contributed by atoms with Crippen LogP contribution >= 0.6 is 0 Å². The number of rotatable bonds is 5. The molecule has 1 amide bonds. The Hall–Kier alpha value is -2.00. The molecule has 1 heterocycles. The molecule has 0 spiro atoms. The van der Waals surface area contributed by atoms with Crippen LogP contribution in [0.1, 0.15) is 26.7 Å². The summed E-state index contributed by atoms with van der Waals surface area (Å²) in [7, 11) is -2.54. The first-order valence-electron chi connectivity index (χ1n) is 8.25. The van der Waals surface area contributed by atoms with Crippen molar-refractivity contribution in [3.8, 4) is 0 Å². The lowest BCUT2D eigenvalue weighted by atomic mass is 9.94. The molecule has 1 aliphatic heterocycles. The largest absolute Gasteiger partial charge is 0.480 e. The van der Waals surface area contributed by atoms with Gasteiger partial charge in [-0.2, -0.15) is 4.31 Å². The highest BCUT2D eigenvalue weighted by molar-refractivity contribution is 7.89. The van der Waals surface area contributed by atoms with Gasteiger partial charge in [0.1, 0.15) is 16.3 Å². The maximum atomic E-state index is 13.8. The molecule has 1 saturated heterocycles. The van der Waals surface area contributed by atoms with E-state index in [0.29, 0.717) is 0 Å². The second kappa shape index (κ2) is 7.32. The quantitative estimate of drug-likeness (QED) is 0.828. The minimum Gasteiger partial charge on any atom is -0.480 e. The van der Waals surface area contributed by atoms with Gasteiger partial charge in [-0.3, -0.25) is 4.79 Å². The van der Waals surface area contributed by atoms with Gasteiger partial charge in [-0.15, -0.1) is 0 Å². The maximum Gasteiger partial charge on any atom is 0.329 e. The minimum atomic E-state index is -3.96. The van der Waals surface area contributed by atoms with Crippen LogP contribution < -0.4 is 0 Å². The first-order chi connectivity index (χ1) is 12.0. The molecule has 0 radical (unpaired) electrons. The standard InChI is InChI=1S/C17H23FN2O5S/c1-17(2,16(22)23)19(3)15(21)12-8-10-20(11-9-12)26(24,25)14-7-5-4-6-13(14)18/h4-7,12H,8-11H2,1-3H3,(H,22,23). The Labute approximate surface area is 152 Å². The smallest absolute Gasteiger partial charge is 0.329 e. The molecule has 1 aromatic rings. The SMILES string of the molecule is CN(C(=O)C1CCN(S(=O)(=O)c2ccccc2F)CC1)C(C)(C)C(=O)O. The van der Waals surface area contributed by atoms with Gasteiger partial charge in [0, 0.05) is 26.1 Å². The fraction of sp³-hybridized carbons (Fsp3) is 0.529. The monoisotopic (exact) mass is 386 g/mol. The number of sulfonamides is 1. The summed E-state index contributed by atoms with van der Waals surface area (Å²) in [6.45, 7) is 3.03. The number of amides is 1. The van der Waals surface area contributed by atoms with Gasteiger partial charge in [0.15, 0.2) is 0 Å². The number of likely N-dealkylation sites (N-methyl/N-ethyl adjacent to an activating group) is 1. The van der Waals surface area contributed by atoms with Gasteiger partial charge in [-0.1, -0.05) is 12.1 Å². The van der Waals surface area contributed by atoms with Crippen LogP contribution in [-0.2, 0) is 19.6 Å². The number of carboxylic acid groups (broad SMARTS) is 1. The molecule has 1 aliphatic rings. The zero-order valence-corrected chi connectivity index (χ0v) is 15.8. The average Bonchev–Trinajstić information content (AvgIpc) is 2.60. The highest BCUT2D eigenvalue weighted by Crippen LogP contribution is 2.27. The molecule has 0 bridgehead atoms. The lowest BCUT2D eigenvalue weighted by Gasteiger charge is -2.37. The number of halogens is 1. The molecule has 1 aromatic carbocycles. The van der Waals surface area contributed by atoms with Gasteiger partial charge in [0.25, 0.3) is 0 Å². The third-order valence-electron chi connectivity index (χ3n) is 4.95. The molecule has 26 heavy (non-hydrogen) atoms. The fourth-order valence-corrected chi connectivity index (χ4v) is 4.36. The van der Waals surface area contributed by atoms with E-state index in [-0.39, 0.29) is 36.7 Å². The topological polar surface area (TPSA) is 95.0 Å². The Morgan fingerprint density at radius 3 is 2.27 bits per heavy atom. The van der Waals surface area contributed by atoms with E-state index in [4.69, 9.17) is 0 Å². The van der Waals surface area contributed by atoms with Crippen molar-refractivity contribution in [1.29, 1.82) is 0 Å². The van der Waals surface area contributed by atoms with Crippen molar-refractivity contribution in [2.45, 2.75) is 37.1 Å². The molecular formula is C17H23FN2O5S. The van der Waals surface area contributed by atoms with Crippen LogP contribution in [0.15, 0.2) is 29.2 Å². The number of carbonyl (C=O) groups is 2. The number of carbonyl (C=O) groups excluding carboxylic acids is 1. The summed E-state index contributed by atoms with van der Waals surface area (Å²) < 4.78 is 40.2. The lowest BCUT2D eigenvalue weighted by molar-refractivity contribution is -0.157. The maximum absolute atomic E-state index is 13.8. The third kappa shape index (κ3) is 3.73. The average molecular weight is 386 g/mol. The van der Waals surface area contributed by atoms with Gasteiger partial charge in [-0.25, -0.2) is 17.6 Å². The van der Waals surface area contributed by atoms with Crippen molar-refractivity contribution in [3.63, 3.8) is 0 Å². The van der Waals surface area contributed by atoms with Gasteiger partial charge < -0.3 is 10.0 Å². The van der Waals surface area contributed by atoms with Crippen molar-refractivity contribution in [2.24, 2.45) is 5.92 Å². The van der Waals surface area contributed by atoms with Crippen LogP contribution in [0.5, 0.6) is 0 Å². The first-order valence-corrected chi connectivity index (χ1v) is 9.69. The molecule has 1 fully saturated rings. The van der Waals surface area contributed by atoms with E-state index < -0.39 is 33.3 Å². The van der Waals surface area contributed by atoms with Crippen molar-refractivity contribution in [3.05, 3.63) is 30.1 Å². The number of aliphatic carboxylic acids is 1. The minimum absolute atomic E-state index is 0.0778. The van der Waals surface area contributed by atoms with Crippen molar-refractivity contribution < 1.29 is 27.5 Å². The Morgan fingerprint density at radius 1 is 1.23 bits per heavy atom. The molecule has 9 heteroatoms. The van der Waals surface area contributed by atoms with Crippen LogP contribution in [-0.4, -0.2) is 60.3 Å². The molecular weight excluding hydrogens is 363 g/mol.